The third-order valence-electron chi connectivity index (χ3n) is 2.72. The molecule has 0 aliphatic heterocycles. The summed E-state index contributed by atoms with van der Waals surface area (Å²) in [5, 5.41) is 12.3. The van der Waals surface area contributed by atoms with Crippen LogP contribution in [0.5, 0.6) is 0 Å². The molecule has 96 valence electrons. The molecule has 4 heteroatoms. The first-order valence-electron chi connectivity index (χ1n) is 5.68. The van der Waals surface area contributed by atoms with E-state index in [0.717, 1.165) is 15.6 Å². The number of methoxy groups -OCH3 is 1. The molecule has 0 aliphatic rings. The van der Waals surface area contributed by atoms with E-state index in [4.69, 9.17) is 4.74 Å². The highest BCUT2D eigenvalue weighted by Crippen LogP contribution is 2.28. The van der Waals surface area contributed by atoms with Crippen LogP contribution in [-0.4, -0.2) is 12.2 Å². The Morgan fingerprint density at radius 2 is 2.22 bits per heavy atom. The van der Waals surface area contributed by atoms with Crippen LogP contribution >= 0.6 is 27.3 Å². The molecule has 1 heterocycles. The molecule has 1 unspecified atom stereocenters. The fraction of sp³-hybridized carbons (Fsp3) is 0.286. The van der Waals surface area contributed by atoms with Crippen molar-refractivity contribution in [3.8, 4) is 0 Å². The molecule has 0 bridgehead atoms. The topological polar surface area (TPSA) is 29.5 Å². The largest absolute Gasteiger partial charge is 0.388 e. The van der Waals surface area contributed by atoms with Crippen LogP contribution in [0.25, 0.3) is 0 Å². The average Bonchev–Trinajstić information content (AvgIpc) is 2.76. The number of thiophene rings is 1. The van der Waals surface area contributed by atoms with Crippen LogP contribution in [0.4, 0.5) is 0 Å². The zero-order chi connectivity index (χ0) is 13.0. The fourth-order valence-electron chi connectivity index (χ4n) is 1.82. The van der Waals surface area contributed by atoms with Gasteiger partial charge in [0.25, 0.3) is 0 Å². The van der Waals surface area contributed by atoms with Crippen molar-refractivity contribution in [3.63, 3.8) is 0 Å². The van der Waals surface area contributed by atoms with Gasteiger partial charge in [0.2, 0.25) is 0 Å². The van der Waals surface area contributed by atoms with E-state index >= 15 is 0 Å². The summed E-state index contributed by atoms with van der Waals surface area (Å²) in [6.45, 7) is 0.573. The summed E-state index contributed by atoms with van der Waals surface area (Å²) in [6.07, 6.45) is 0.158. The fourth-order valence-corrected chi connectivity index (χ4v) is 3.37. The molecular weight excluding hydrogens is 312 g/mol. The van der Waals surface area contributed by atoms with Gasteiger partial charge in [0.15, 0.2) is 0 Å². The number of aliphatic hydroxyl groups is 1. The molecule has 0 saturated carbocycles. The minimum absolute atomic E-state index is 0.475. The lowest BCUT2D eigenvalue weighted by atomic mass is 10.0. The zero-order valence-corrected chi connectivity index (χ0v) is 12.5. The molecule has 1 aromatic carbocycles. The standard InChI is InChI=1S/C14H15BrO2S/c1-17-9-10-3-2-4-11(7-10)13(16)8-14-12(15)5-6-18-14/h2-7,13,16H,8-9H2,1H3. The highest BCUT2D eigenvalue weighted by molar-refractivity contribution is 9.10. The van der Waals surface area contributed by atoms with E-state index in [9.17, 15) is 5.11 Å². The van der Waals surface area contributed by atoms with Crippen molar-refractivity contribution in [1.29, 1.82) is 0 Å². The summed E-state index contributed by atoms with van der Waals surface area (Å²) >= 11 is 5.14. The van der Waals surface area contributed by atoms with Crippen molar-refractivity contribution in [2.24, 2.45) is 0 Å². The monoisotopic (exact) mass is 326 g/mol. The molecule has 2 rings (SSSR count). The molecule has 1 N–H and O–H groups in total. The zero-order valence-electron chi connectivity index (χ0n) is 10.1. The summed E-state index contributed by atoms with van der Waals surface area (Å²) < 4.78 is 6.17. The van der Waals surface area contributed by atoms with Gasteiger partial charge in [-0.3, -0.25) is 0 Å². The summed E-state index contributed by atoms with van der Waals surface area (Å²) in [6, 6.07) is 9.91. The number of halogens is 1. The number of benzene rings is 1. The highest BCUT2D eigenvalue weighted by atomic mass is 79.9. The van der Waals surface area contributed by atoms with Crippen molar-refractivity contribution < 1.29 is 9.84 Å². The first-order chi connectivity index (χ1) is 8.70. The number of hydrogen-bond acceptors (Lipinski definition) is 3. The number of aliphatic hydroxyl groups excluding tert-OH is 1. The van der Waals surface area contributed by atoms with Gasteiger partial charge in [-0.2, -0.15) is 0 Å². The van der Waals surface area contributed by atoms with Crippen molar-refractivity contribution in [1.82, 2.24) is 0 Å². The minimum atomic E-state index is -0.475. The van der Waals surface area contributed by atoms with E-state index in [1.54, 1.807) is 18.4 Å². The Kier molecular flexibility index (Phi) is 4.95. The summed E-state index contributed by atoms with van der Waals surface area (Å²) in [5.74, 6) is 0. The van der Waals surface area contributed by atoms with Crippen LogP contribution in [0, 0.1) is 0 Å². The van der Waals surface area contributed by atoms with Gasteiger partial charge in [0.1, 0.15) is 0 Å². The smallest absolute Gasteiger partial charge is 0.0838 e. The first kappa shape index (κ1) is 13.7. The molecule has 18 heavy (non-hydrogen) atoms. The maximum Gasteiger partial charge on any atom is 0.0838 e. The summed E-state index contributed by atoms with van der Waals surface area (Å²) in [7, 11) is 1.67. The maximum atomic E-state index is 10.3. The van der Waals surface area contributed by atoms with E-state index in [2.05, 4.69) is 15.9 Å². The molecule has 2 nitrogen and oxygen atoms in total. The lowest BCUT2D eigenvalue weighted by Crippen LogP contribution is -2.02. The Morgan fingerprint density at radius 1 is 1.39 bits per heavy atom. The van der Waals surface area contributed by atoms with Crippen molar-refractivity contribution in [3.05, 3.63) is 56.2 Å². The van der Waals surface area contributed by atoms with Crippen molar-refractivity contribution in [2.45, 2.75) is 19.1 Å². The van der Waals surface area contributed by atoms with E-state index in [1.807, 2.05) is 35.7 Å². The Morgan fingerprint density at radius 3 is 2.89 bits per heavy atom. The normalized spacial score (nSPS) is 12.6. The van der Waals surface area contributed by atoms with Crippen LogP contribution in [0.1, 0.15) is 22.1 Å². The molecule has 0 aliphatic carbocycles. The summed E-state index contributed by atoms with van der Waals surface area (Å²) in [5.41, 5.74) is 2.02. The Labute approximate surface area is 119 Å². The van der Waals surface area contributed by atoms with Gasteiger partial charge in [-0.05, 0) is 38.5 Å². The lowest BCUT2D eigenvalue weighted by Gasteiger charge is -2.11. The Bertz CT molecular complexity index is 510. The van der Waals surface area contributed by atoms with Gasteiger partial charge in [-0.1, -0.05) is 24.3 Å². The first-order valence-corrected chi connectivity index (χ1v) is 7.35. The number of hydrogen-bond donors (Lipinski definition) is 1. The van der Waals surface area contributed by atoms with E-state index in [-0.39, 0.29) is 0 Å². The van der Waals surface area contributed by atoms with Crippen LogP contribution in [0.3, 0.4) is 0 Å². The third kappa shape index (κ3) is 3.42. The maximum absolute atomic E-state index is 10.3. The predicted molar refractivity (Wildman–Crippen MR) is 77.8 cm³/mol. The van der Waals surface area contributed by atoms with E-state index in [0.29, 0.717) is 13.0 Å². The summed E-state index contributed by atoms with van der Waals surface area (Å²) in [4.78, 5) is 1.17. The SMILES string of the molecule is COCc1cccc(C(O)Cc2sccc2Br)c1. The molecule has 1 atom stereocenters. The molecule has 0 fully saturated rings. The van der Waals surface area contributed by atoms with Gasteiger partial charge in [-0.15, -0.1) is 11.3 Å². The second-order valence-corrected chi connectivity index (χ2v) is 5.94. The molecule has 0 saturated heterocycles. The van der Waals surface area contributed by atoms with Crippen LogP contribution in [0.2, 0.25) is 0 Å². The van der Waals surface area contributed by atoms with Crippen molar-refractivity contribution in [2.75, 3.05) is 7.11 Å². The Hall–Kier alpha value is -0.680. The van der Waals surface area contributed by atoms with Crippen molar-refractivity contribution >= 4 is 27.3 Å². The molecule has 0 spiro atoms. The molecular formula is C14H15BrO2S. The number of rotatable bonds is 5. The second-order valence-electron chi connectivity index (χ2n) is 4.09. The van der Waals surface area contributed by atoms with Gasteiger partial charge in [-0.25, -0.2) is 0 Å². The highest BCUT2D eigenvalue weighted by Gasteiger charge is 2.12. The molecule has 2 aromatic rings. The minimum Gasteiger partial charge on any atom is -0.388 e. The van der Waals surface area contributed by atoms with E-state index in [1.165, 1.54) is 4.88 Å². The number of ether oxygens (including phenoxy) is 1. The van der Waals surface area contributed by atoms with E-state index < -0.39 is 6.10 Å². The quantitative estimate of drug-likeness (QED) is 0.901. The third-order valence-corrected chi connectivity index (χ3v) is 4.67. The predicted octanol–water partition coefficient (Wildman–Crippen LogP) is 3.93. The van der Waals surface area contributed by atoms with Crippen LogP contribution in [-0.2, 0) is 17.8 Å². The molecule has 0 amide bonds. The van der Waals surface area contributed by atoms with Gasteiger partial charge < -0.3 is 9.84 Å². The molecule has 1 aromatic heterocycles. The lowest BCUT2D eigenvalue weighted by molar-refractivity contribution is 0.175. The molecule has 0 radical (unpaired) electrons. The van der Waals surface area contributed by atoms with Gasteiger partial charge in [0.05, 0.1) is 12.7 Å². The van der Waals surface area contributed by atoms with Crippen LogP contribution in [0.15, 0.2) is 40.2 Å². The average molecular weight is 327 g/mol. The van der Waals surface area contributed by atoms with Crippen LogP contribution < -0.4 is 0 Å². The van der Waals surface area contributed by atoms with Gasteiger partial charge in [0, 0.05) is 22.9 Å². The Balaban J connectivity index is 2.11. The second kappa shape index (κ2) is 6.48. The van der Waals surface area contributed by atoms with Gasteiger partial charge >= 0.3 is 0 Å².